The number of hydrogen-bond acceptors (Lipinski definition) is 11. The smallest absolute Gasteiger partial charge is 0.410 e. The first-order chi connectivity index (χ1) is 26.5. The topological polar surface area (TPSA) is 180 Å². The minimum absolute atomic E-state index is 0.0255. The molecule has 5 aliphatic rings. The van der Waals surface area contributed by atoms with E-state index in [1.165, 1.54) is 27.2 Å². The van der Waals surface area contributed by atoms with Crippen LogP contribution in [0.4, 0.5) is 14.3 Å². The molecule has 14 nitrogen and oxygen atoms in total. The Morgan fingerprint density at radius 3 is 2.65 bits per heavy atom. The highest BCUT2D eigenvalue weighted by Crippen LogP contribution is 2.46. The molecular weight excluding hydrogens is 750 g/mol. The number of halogens is 1. The van der Waals surface area contributed by atoms with Gasteiger partial charge in [0.15, 0.2) is 5.13 Å². The minimum atomic E-state index is -3.90. The van der Waals surface area contributed by atoms with Gasteiger partial charge in [-0.1, -0.05) is 37.1 Å². The number of sulfonamides is 1. The molecule has 1 saturated heterocycles. The number of nitrogens with one attached hydrogen (secondary N) is 3. The SMILES string of the molecule is O=C1N[C@@]2(C(=O)NS(=O)(=O)C3CC3)C[C@@H]2/C=C\CCCCC[C@H](Nc2nc(-c3ccncc3)cs2)C(=O)N2C[C@H](OC(=O)N3Cc4cccc(F)c4C3)C[C@@H]12. The van der Waals surface area contributed by atoms with E-state index in [9.17, 15) is 32.0 Å². The minimum Gasteiger partial charge on any atom is -0.444 e. The van der Waals surface area contributed by atoms with Gasteiger partial charge in [-0.2, -0.15) is 0 Å². The Morgan fingerprint density at radius 2 is 1.87 bits per heavy atom. The number of pyridine rings is 1. The number of carbonyl (C=O) groups is 4. The highest BCUT2D eigenvalue weighted by Gasteiger charge is 2.62. The Morgan fingerprint density at radius 1 is 1.05 bits per heavy atom. The summed E-state index contributed by atoms with van der Waals surface area (Å²) < 4.78 is 48.3. The number of anilines is 1. The van der Waals surface area contributed by atoms with Gasteiger partial charge in [-0.25, -0.2) is 22.6 Å². The van der Waals surface area contributed by atoms with Crippen molar-refractivity contribution in [3.05, 3.63) is 77.2 Å². The van der Waals surface area contributed by atoms with Gasteiger partial charge in [0.25, 0.3) is 5.91 Å². The van der Waals surface area contributed by atoms with Crippen LogP contribution < -0.4 is 15.4 Å². The van der Waals surface area contributed by atoms with E-state index in [1.807, 2.05) is 29.7 Å². The average molecular weight is 792 g/mol. The quantitative estimate of drug-likeness (QED) is 0.293. The number of rotatable bonds is 7. The standard InChI is InChI=1S/C38H42FN7O7S2/c39-29-9-6-7-24-19-45(21-28(24)29)37(50)53-26-17-32-33(47)43-38(35(49)44-55(51,52)27-11-12-27)18-25(38)8-4-2-1-3-5-10-30(34(48)46(32)20-26)41-36-42-31(22-54-36)23-13-15-40-16-14-23/h4,6-9,13-16,22,25-27,30,32H,1-3,5,10-12,17-21H2,(H,41,42)(H,43,47)(H,44,49)/b8-4-/t25-,26+,30-,32-,38-/m0/s1. The first kappa shape index (κ1) is 37.0. The van der Waals surface area contributed by atoms with Gasteiger partial charge in [0.05, 0.1) is 24.0 Å². The van der Waals surface area contributed by atoms with E-state index in [1.54, 1.807) is 24.5 Å². The molecule has 2 saturated carbocycles. The predicted octanol–water partition coefficient (Wildman–Crippen LogP) is 4.25. The van der Waals surface area contributed by atoms with E-state index >= 15 is 0 Å². The zero-order valence-electron chi connectivity index (χ0n) is 30.0. The van der Waals surface area contributed by atoms with Crippen LogP contribution in [-0.2, 0) is 42.2 Å². The summed E-state index contributed by atoms with van der Waals surface area (Å²) in [5.41, 5.74) is 1.15. The highest BCUT2D eigenvalue weighted by atomic mass is 32.2. The largest absolute Gasteiger partial charge is 0.444 e. The summed E-state index contributed by atoms with van der Waals surface area (Å²) in [6.07, 6.45) is 10.1. The molecule has 3 fully saturated rings. The van der Waals surface area contributed by atoms with Crippen molar-refractivity contribution in [3.8, 4) is 11.3 Å². The molecule has 5 atom stereocenters. The third-order valence-corrected chi connectivity index (χ3v) is 13.7. The third kappa shape index (κ3) is 7.81. The van der Waals surface area contributed by atoms with Gasteiger partial charge in [0.2, 0.25) is 21.8 Å². The number of allylic oxidation sites excluding steroid dienone is 1. The summed E-state index contributed by atoms with van der Waals surface area (Å²) in [6, 6.07) is 6.42. The first-order valence-electron chi connectivity index (χ1n) is 18.7. The van der Waals surface area contributed by atoms with Gasteiger partial charge in [-0.05, 0) is 62.3 Å². The number of amides is 4. The van der Waals surface area contributed by atoms with Crippen LogP contribution in [0.3, 0.4) is 0 Å². The van der Waals surface area contributed by atoms with E-state index in [0.29, 0.717) is 54.1 Å². The van der Waals surface area contributed by atoms with E-state index in [2.05, 4.69) is 20.3 Å². The van der Waals surface area contributed by atoms with Crippen molar-refractivity contribution < 1.29 is 36.7 Å². The number of benzene rings is 1. The molecule has 3 N–H and O–H groups in total. The van der Waals surface area contributed by atoms with Crippen LogP contribution in [0.1, 0.15) is 68.9 Å². The maximum Gasteiger partial charge on any atom is 0.410 e. The molecule has 4 amide bonds. The fraction of sp³-hybridized carbons (Fsp3) is 0.474. The maximum atomic E-state index is 14.6. The van der Waals surface area contributed by atoms with Crippen LogP contribution in [0.2, 0.25) is 0 Å². The predicted molar refractivity (Wildman–Crippen MR) is 200 cm³/mol. The summed E-state index contributed by atoms with van der Waals surface area (Å²) in [7, 11) is -3.90. The second kappa shape index (κ2) is 15.0. The normalized spacial score (nSPS) is 27.4. The lowest BCUT2D eigenvalue weighted by Gasteiger charge is -2.29. The zero-order valence-corrected chi connectivity index (χ0v) is 31.6. The summed E-state index contributed by atoms with van der Waals surface area (Å²) in [6.45, 7) is 0.0786. The number of fused-ring (bicyclic) bond motifs is 3. The van der Waals surface area contributed by atoms with Crippen molar-refractivity contribution >= 4 is 50.3 Å². The van der Waals surface area contributed by atoms with Gasteiger partial charge < -0.3 is 20.3 Å². The molecule has 55 heavy (non-hydrogen) atoms. The van der Waals surface area contributed by atoms with Crippen molar-refractivity contribution in [2.45, 2.75) is 99.9 Å². The second-order valence-corrected chi connectivity index (χ2v) is 17.8. The van der Waals surface area contributed by atoms with Crippen molar-refractivity contribution in [2.75, 3.05) is 11.9 Å². The number of carbonyl (C=O) groups excluding carboxylic acids is 4. The average Bonchev–Trinajstić information content (AvgIpc) is 3.97. The number of aromatic nitrogens is 2. The van der Waals surface area contributed by atoms with Gasteiger partial charge in [-0.15, -0.1) is 11.3 Å². The van der Waals surface area contributed by atoms with E-state index in [-0.39, 0.29) is 32.5 Å². The van der Waals surface area contributed by atoms with Crippen molar-refractivity contribution in [2.24, 2.45) is 5.92 Å². The number of thiazole rings is 1. The fourth-order valence-corrected chi connectivity index (χ4v) is 9.86. The van der Waals surface area contributed by atoms with Gasteiger partial charge in [0.1, 0.15) is 29.5 Å². The third-order valence-electron chi connectivity index (χ3n) is 11.1. The Balaban J connectivity index is 1.06. The molecule has 2 aliphatic carbocycles. The van der Waals surface area contributed by atoms with Gasteiger partial charge in [0, 0.05) is 47.8 Å². The molecule has 5 heterocycles. The van der Waals surface area contributed by atoms with E-state index in [4.69, 9.17) is 9.72 Å². The van der Waals surface area contributed by atoms with E-state index in [0.717, 1.165) is 18.4 Å². The summed E-state index contributed by atoms with van der Waals surface area (Å²) in [5.74, 6) is -2.71. The molecule has 0 bridgehead atoms. The monoisotopic (exact) mass is 791 g/mol. The highest BCUT2D eigenvalue weighted by molar-refractivity contribution is 7.91. The van der Waals surface area contributed by atoms with Crippen LogP contribution >= 0.6 is 11.3 Å². The summed E-state index contributed by atoms with van der Waals surface area (Å²) >= 11 is 1.34. The summed E-state index contributed by atoms with van der Waals surface area (Å²) in [5, 5.41) is 7.93. The van der Waals surface area contributed by atoms with Gasteiger partial charge in [-0.3, -0.25) is 29.0 Å². The molecule has 3 aliphatic heterocycles. The molecule has 1 aromatic carbocycles. The summed E-state index contributed by atoms with van der Waals surface area (Å²) in [4.78, 5) is 67.7. The lowest BCUT2D eigenvalue weighted by atomic mass is 10.1. The van der Waals surface area contributed by atoms with Crippen molar-refractivity contribution in [3.63, 3.8) is 0 Å². The zero-order chi connectivity index (χ0) is 38.3. The van der Waals surface area contributed by atoms with E-state index < -0.39 is 74.5 Å². The van der Waals surface area contributed by atoms with Crippen molar-refractivity contribution in [1.82, 2.24) is 29.8 Å². The van der Waals surface area contributed by atoms with Crippen LogP contribution in [0.25, 0.3) is 11.3 Å². The Kier molecular flexibility index (Phi) is 10.1. The molecule has 0 radical (unpaired) electrons. The lowest BCUT2D eigenvalue weighted by Crippen LogP contribution is -2.57. The lowest BCUT2D eigenvalue weighted by molar-refractivity contribution is -0.140. The molecule has 8 rings (SSSR count). The van der Waals surface area contributed by atoms with Crippen LogP contribution in [0, 0.1) is 11.7 Å². The molecule has 0 spiro atoms. The Labute approximate surface area is 322 Å². The fourth-order valence-electron chi connectivity index (χ4n) is 7.72. The first-order valence-corrected chi connectivity index (χ1v) is 21.1. The Hall–Kier alpha value is -4.90. The molecule has 290 valence electrons. The molecule has 2 aromatic heterocycles. The van der Waals surface area contributed by atoms with Gasteiger partial charge >= 0.3 is 6.09 Å². The van der Waals surface area contributed by atoms with Crippen LogP contribution in [0.5, 0.6) is 0 Å². The number of ether oxygens (including phenoxy) is 1. The second-order valence-electron chi connectivity index (χ2n) is 15.0. The van der Waals surface area contributed by atoms with Crippen molar-refractivity contribution in [1.29, 1.82) is 0 Å². The molecule has 3 aromatic rings. The number of nitrogens with zero attached hydrogens (tertiary/aromatic N) is 4. The number of hydrogen-bond donors (Lipinski definition) is 3. The molecule has 17 heteroatoms. The van der Waals surface area contributed by atoms with Crippen LogP contribution in [0.15, 0.2) is 60.3 Å². The maximum absolute atomic E-state index is 14.6. The van der Waals surface area contributed by atoms with Crippen LogP contribution in [-0.4, -0.2) is 87.5 Å². The molecule has 0 unspecified atom stereocenters. The molecular formula is C38H42FN7O7S2. The Bertz CT molecular complexity index is 2130.